The van der Waals surface area contributed by atoms with Crippen LogP contribution >= 0.6 is 0 Å². The molecule has 5 nitrogen and oxygen atoms in total. The smallest absolute Gasteiger partial charge is 0.238 e. The Balaban J connectivity index is 3.00. The molecule has 0 aromatic heterocycles. The van der Waals surface area contributed by atoms with Gasteiger partial charge in [0.2, 0.25) is 11.8 Å². The van der Waals surface area contributed by atoms with Gasteiger partial charge in [-0.1, -0.05) is 60.6 Å². The SMILES string of the molecule is CCC(=O)NNC(=O)CCc1cc(C(C)(C)C)c(O)c(C(C)(C)C)c1. The molecule has 0 aliphatic rings. The zero-order chi connectivity index (χ0) is 19.4. The van der Waals surface area contributed by atoms with Crippen molar-refractivity contribution in [3.8, 4) is 5.75 Å². The Labute approximate surface area is 151 Å². The van der Waals surface area contributed by atoms with Gasteiger partial charge in [-0.25, -0.2) is 0 Å². The highest BCUT2D eigenvalue weighted by Crippen LogP contribution is 2.39. The van der Waals surface area contributed by atoms with Crippen LogP contribution in [0.15, 0.2) is 12.1 Å². The summed E-state index contributed by atoms with van der Waals surface area (Å²) in [5, 5.41) is 10.7. The summed E-state index contributed by atoms with van der Waals surface area (Å²) >= 11 is 0. The summed E-state index contributed by atoms with van der Waals surface area (Å²) in [5.41, 5.74) is 7.17. The molecule has 0 saturated heterocycles. The van der Waals surface area contributed by atoms with Crippen molar-refractivity contribution in [1.82, 2.24) is 10.9 Å². The zero-order valence-electron chi connectivity index (χ0n) is 16.5. The highest BCUT2D eigenvalue weighted by atomic mass is 16.3. The normalized spacial score (nSPS) is 12.0. The van der Waals surface area contributed by atoms with E-state index in [2.05, 4.69) is 52.4 Å². The molecule has 0 spiro atoms. The molecule has 0 radical (unpaired) electrons. The van der Waals surface area contributed by atoms with Crippen LogP contribution in [0.5, 0.6) is 5.75 Å². The Morgan fingerprint density at radius 3 is 1.76 bits per heavy atom. The van der Waals surface area contributed by atoms with Gasteiger partial charge in [0.15, 0.2) is 0 Å². The van der Waals surface area contributed by atoms with Crippen molar-refractivity contribution in [3.63, 3.8) is 0 Å². The van der Waals surface area contributed by atoms with Crippen molar-refractivity contribution in [1.29, 1.82) is 0 Å². The van der Waals surface area contributed by atoms with Gasteiger partial charge in [0.1, 0.15) is 5.75 Å². The Morgan fingerprint density at radius 2 is 1.36 bits per heavy atom. The average molecular weight is 348 g/mol. The monoisotopic (exact) mass is 348 g/mol. The van der Waals surface area contributed by atoms with Gasteiger partial charge in [0.05, 0.1) is 0 Å². The van der Waals surface area contributed by atoms with Crippen LogP contribution in [0.2, 0.25) is 0 Å². The van der Waals surface area contributed by atoms with Crippen molar-refractivity contribution >= 4 is 11.8 Å². The van der Waals surface area contributed by atoms with Crippen LogP contribution in [0.3, 0.4) is 0 Å². The first-order chi connectivity index (χ1) is 11.4. The van der Waals surface area contributed by atoms with Gasteiger partial charge in [-0.2, -0.15) is 0 Å². The lowest BCUT2D eigenvalue weighted by Crippen LogP contribution is -2.41. The average Bonchev–Trinajstić information content (AvgIpc) is 2.49. The fraction of sp³-hybridized carbons (Fsp3) is 0.600. The van der Waals surface area contributed by atoms with Crippen LogP contribution in [0.25, 0.3) is 0 Å². The third-order valence-corrected chi connectivity index (χ3v) is 4.09. The zero-order valence-corrected chi connectivity index (χ0v) is 16.5. The quantitative estimate of drug-likeness (QED) is 0.729. The second-order valence-electron chi connectivity index (χ2n) is 8.49. The van der Waals surface area contributed by atoms with Crippen molar-refractivity contribution in [2.75, 3.05) is 0 Å². The van der Waals surface area contributed by atoms with Crippen molar-refractivity contribution < 1.29 is 14.7 Å². The summed E-state index contributed by atoms with van der Waals surface area (Å²) in [6.07, 6.45) is 1.13. The first kappa shape index (κ1) is 21.0. The molecule has 1 aromatic rings. The first-order valence-electron chi connectivity index (χ1n) is 8.80. The van der Waals surface area contributed by atoms with Crippen molar-refractivity contribution in [3.05, 3.63) is 28.8 Å². The second-order valence-corrected chi connectivity index (χ2v) is 8.49. The number of aryl methyl sites for hydroxylation is 1. The molecule has 0 bridgehead atoms. The molecule has 0 unspecified atom stereocenters. The lowest BCUT2D eigenvalue weighted by Gasteiger charge is -2.28. The van der Waals surface area contributed by atoms with E-state index >= 15 is 0 Å². The van der Waals surface area contributed by atoms with E-state index in [0.717, 1.165) is 16.7 Å². The van der Waals surface area contributed by atoms with Crippen LogP contribution in [-0.4, -0.2) is 16.9 Å². The van der Waals surface area contributed by atoms with Crippen LogP contribution in [0.4, 0.5) is 0 Å². The van der Waals surface area contributed by atoms with Gasteiger partial charge in [-0.15, -0.1) is 0 Å². The van der Waals surface area contributed by atoms with Gasteiger partial charge in [0, 0.05) is 12.8 Å². The van der Waals surface area contributed by atoms with Crippen LogP contribution in [0.1, 0.15) is 78.0 Å². The van der Waals surface area contributed by atoms with E-state index in [1.807, 2.05) is 12.1 Å². The third kappa shape index (κ3) is 6.07. The Hall–Kier alpha value is -2.04. The molecule has 25 heavy (non-hydrogen) atoms. The number of carbonyl (C=O) groups excluding carboxylic acids is 2. The molecular formula is C20H32N2O3. The molecule has 0 aliphatic carbocycles. The Kier molecular flexibility index (Phi) is 6.63. The maximum atomic E-state index is 11.9. The molecule has 1 rings (SSSR count). The van der Waals surface area contributed by atoms with Crippen LogP contribution < -0.4 is 10.9 Å². The largest absolute Gasteiger partial charge is 0.507 e. The van der Waals surface area contributed by atoms with E-state index < -0.39 is 0 Å². The van der Waals surface area contributed by atoms with E-state index in [1.54, 1.807) is 6.92 Å². The van der Waals surface area contributed by atoms with Crippen molar-refractivity contribution in [2.45, 2.75) is 78.6 Å². The highest BCUT2D eigenvalue weighted by Gasteiger charge is 2.26. The van der Waals surface area contributed by atoms with E-state index in [4.69, 9.17) is 0 Å². The fourth-order valence-electron chi connectivity index (χ4n) is 2.53. The number of benzene rings is 1. The molecule has 0 fully saturated rings. The standard InChI is InChI=1S/C20H32N2O3/c1-8-16(23)21-22-17(24)10-9-13-11-14(19(2,3)4)18(25)15(12-13)20(5,6)7/h11-12,25H,8-10H2,1-7H3,(H,21,23)(H,22,24). The number of rotatable bonds is 4. The Morgan fingerprint density at radius 1 is 0.920 bits per heavy atom. The van der Waals surface area contributed by atoms with E-state index in [-0.39, 0.29) is 29.1 Å². The van der Waals surface area contributed by atoms with E-state index in [1.165, 1.54) is 0 Å². The minimum atomic E-state index is -0.232. The summed E-state index contributed by atoms with van der Waals surface area (Å²) < 4.78 is 0. The molecule has 0 saturated carbocycles. The molecule has 0 aliphatic heterocycles. The van der Waals surface area contributed by atoms with Gasteiger partial charge in [0.25, 0.3) is 0 Å². The molecular weight excluding hydrogens is 316 g/mol. The predicted octanol–water partition coefficient (Wildman–Crippen LogP) is 3.48. The summed E-state index contributed by atoms with van der Waals surface area (Å²) in [7, 11) is 0. The van der Waals surface area contributed by atoms with E-state index in [0.29, 0.717) is 18.6 Å². The number of amides is 2. The number of hydrogen-bond donors (Lipinski definition) is 3. The molecule has 5 heteroatoms. The summed E-state index contributed by atoms with van der Waals surface area (Å²) in [6, 6.07) is 3.95. The minimum Gasteiger partial charge on any atom is -0.507 e. The maximum Gasteiger partial charge on any atom is 0.238 e. The Bertz CT molecular complexity index is 602. The summed E-state index contributed by atoms with van der Waals surface area (Å²) in [5.74, 6) is -0.115. The highest BCUT2D eigenvalue weighted by molar-refractivity contribution is 5.81. The van der Waals surface area contributed by atoms with E-state index in [9.17, 15) is 14.7 Å². The lowest BCUT2D eigenvalue weighted by atomic mass is 9.78. The third-order valence-electron chi connectivity index (χ3n) is 4.09. The number of hydrogen-bond acceptors (Lipinski definition) is 3. The number of carbonyl (C=O) groups is 2. The minimum absolute atomic E-state index is 0.197. The van der Waals surface area contributed by atoms with Gasteiger partial charge in [-0.3, -0.25) is 20.4 Å². The van der Waals surface area contributed by atoms with Gasteiger partial charge >= 0.3 is 0 Å². The number of phenols is 1. The molecule has 140 valence electrons. The molecule has 0 atom stereocenters. The molecule has 2 amide bonds. The number of aromatic hydroxyl groups is 1. The summed E-state index contributed by atoms with van der Waals surface area (Å²) in [6.45, 7) is 14.1. The predicted molar refractivity (Wildman–Crippen MR) is 100 cm³/mol. The number of nitrogens with one attached hydrogen (secondary N) is 2. The topological polar surface area (TPSA) is 78.4 Å². The summed E-state index contributed by atoms with van der Waals surface area (Å²) in [4.78, 5) is 23.1. The van der Waals surface area contributed by atoms with Gasteiger partial charge < -0.3 is 5.11 Å². The van der Waals surface area contributed by atoms with Crippen molar-refractivity contribution in [2.24, 2.45) is 0 Å². The van der Waals surface area contributed by atoms with Crippen LogP contribution in [-0.2, 0) is 26.8 Å². The van der Waals surface area contributed by atoms with Crippen LogP contribution in [0, 0.1) is 0 Å². The number of hydrazine groups is 1. The van der Waals surface area contributed by atoms with Gasteiger partial charge in [-0.05, 0) is 33.9 Å². The fourth-order valence-corrected chi connectivity index (χ4v) is 2.53. The second kappa shape index (κ2) is 7.89. The number of phenolic OH excluding ortho intramolecular Hbond substituents is 1. The molecule has 0 heterocycles. The first-order valence-corrected chi connectivity index (χ1v) is 8.80. The molecule has 3 N–H and O–H groups in total. The maximum absolute atomic E-state index is 11.9. The lowest BCUT2D eigenvalue weighted by molar-refractivity contribution is -0.128. The molecule has 1 aromatic carbocycles.